The third kappa shape index (κ3) is 4.73. The number of hydrogen-bond acceptors (Lipinski definition) is 3. The molecule has 1 atom stereocenters. The second-order valence-corrected chi connectivity index (χ2v) is 4.96. The smallest absolute Gasteiger partial charge is 0.267 e. The summed E-state index contributed by atoms with van der Waals surface area (Å²) in [5.74, 6) is -0.286. The lowest BCUT2D eigenvalue weighted by atomic mass is 10.2. The van der Waals surface area contributed by atoms with Crippen molar-refractivity contribution in [3.8, 4) is 0 Å². The predicted octanol–water partition coefficient (Wildman–Crippen LogP) is 3.91. The Morgan fingerprint density at radius 2 is 1.84 bits per heavy atom. The van der Waals surface area contributed by atoms with E-state index in [4.69, 9.17) is 39.5 Å². The van der Waals surface area contributed by atoms with Crippen molar-refractivity contribution in [2.45, 2.75) is 26.4 Å². The van der Waals surface area contributed by atoms with E-state index in [-0.39, 0.29) is 5.91 Å². The van der Waals surface area contributed by atoms with Crippen LogP contribution in [-0.2, 0) is 9.53 Å². The number of benzene rings is 1. The van der Waals surface area contributed by atoms with E-state index in [0.717, 1.165) is 0 Å². The highest BCUT2D eigenvalue weighted by Crippen LogP contribution is 2.33. The number of anilines is 1. The number of carbonyl (C=O) groups is 1. The first-order valence-electron chi connectivity index (χ1n) is 5.81. The molecular formula is C12H15Cl3N2O2. The number of halogens is 3. The molecule has 0 aliphatic carbocycles. The number of hydrogen-bond donors (Lipinski definition) is 2. The lowest BCUT2D eigenvalue weighted by Gasteiger charge is -2.17. The van der Waals surface area contributed by atoms with Crippen LogP contribution in [0.5, 0.6) is 0 Å². The summed E-state index contributed by atoms with van der Waals surface area (Å²) in [6.07, 6.45) is 0.0611. The van der Waals surface area contributed by atoms with Crippen LogP contribution in [0.1, 0.15) is 20.3 Å². The SMILES string of the molecule is CCOC(CC)C(=O)NNc1c(Cl)cc(Cl)cc1Cl. The topological polar surface area (TPSA) is 50.4 Å². The van der Waals surface area contributed by atoms with Gasteiger partial charge < -0.3 is 4.74 Å². The van der Waals surface area contributed by atoms with Crippen LogP contribution in [0.15, 0.2) is 12.1 Å². The first kappa shape index (κ1) is 16.4. The monoisotopic (exact) mass is 324 g/mol. The zero-order valence-electron chi connectivity index (χ0n) is 10.6. The van der Waals surface area contributed by atoms with Crippen LogP contribution >= 0.6 is 34.8 Å². The maximum Gasteiger partial charge on any atom is 0.267 e. The normalized spacial score (nSPS) is 12.1. The van der Waals surface area contributed by atoms with Crippen molar-refractivity contribution in [2.24, 2.45) is 0 Å². The molecule has 1 unspecified atom stereocenters. The van der Waals surface area contributed by atoms with Gasteiger partial charge in [-0.15, -0.1) is 0 Å². The maximum atomic E-state index is 11.8. The van der Waals surface area contributed by atoms with Crippen molar-refractivity contribution >= 4 is 46.4 Å². The van der Waals surface area contributed by atoms with Crippen molar-refractivity contribution in [3.63, 3.8) is 0 Å². The summed E-state index contributed by atoms with van der Waals surface area (Å²) in [6.45, 7) is 4.16. The summed E-state index contributed by atoms with van der Waals surface area (Å²) in [5, 5.41) is 1.07. The summed E-state index contributed by atoms with van der Waals surface area (Å²) in [6, 6.07) is 3.06. The number of hydrazine groups is 1. The Bertz CT molecular complexity index is 432. The molecule has 4 nitrogen and oxygen atoms in total. The van der Waals surface area contributed by atoms with E-state index in [2.05, 4.69) is 10.9 Å². The van der Waals surface area contributed by atoms with Gasteiger partial charge in [0.05, 0.1) is 15.7 Å². The number of ether oxygens (including phenoxy) is 1. The lowest BCUT2D eigenvalue weighted by molar-refractivity contribution is -0.132. The molecule has 0 spiro atoms. The highest BCUT2D eigenvalue weighted by Gasteiger charge is 2.17. The fourth-order valence-electron chi connectivity index (χ4n) is 1.45. The molecular weight excluding hydrogens is 311 g/mol. The van der Waals surface area contributed by atoms with Gasteiger partial charge in [0.2, 0.25) is 0 Å². The minimum absolute atomic E-state index is 0.286. The molecule has 0 heterocycles. The van der Waals surface area contributed by atoms with Crippen molar-refractivity contribution in [1.29, 1.82) is 0 Å². The summed E-state index contributed by atoms with van der Waals surface area (Å²) in [5.41, 5.74) is 5.59. The van der Waals surface area contributed by atoms with E-state index in [1.165, 1.54) is 12.1 Å². The first-order valence-corrected chi connectivity index (χ1v) is 6.95. The third-order valence-corrected chi connectivity index (χ3v) is 3.16. The Balaban J connectivity index is 2.69. The fraction of sp³-hybridized carbons (Fsp3) is 0.417. The van der Waals surface area contributed by atoms with Crippen LogP contribution in [0.3, 0.4) is 0 Å². The van der Waals surface area contributed by atoms with Crippen molar-refractivity contribution in [1.82, 2.24) is 5.43 Å². The molecule has 0 saturated heterocycles. The van der Waals surface area contributed by atoms with Crippen molar-refractivity contribution < 1.29 is 9.53 Å². The minimum atomic E-state index is -0.512. The zero-order chi connectivity index (χ0) is 14.4. The molecule has 0 radical (unpaired) electrons. The van der Waals surface area contributed by atoms with Gasteiger partial charge >= 0.3 is 0 Å². The zero-order valence-corrected chi connectivity index (χ0v) is 12.9. The molecule has 0 saturated carbocycles. The van der Waals surface area contributed by atoms with Crippen LogP contribution in [0, 0.1) is 0 Å². The number of amides is 1. The fourth-order valence-corrected chi connectivity index (χ4v) is 2.36. The Hall–Kier alpha value is -0.680. The van der Waals surface area contributed by atoms with E-state index in [0.29, 0.717) is 33.8 Å². The van der Waals surface area contributed by atoms with Gasteiger partial charge in [-0.05, 0) is 25.5 Å². The number of nitrogens with one attached hydrogen (secondary N) is 2. The van der Waals surface area contributed by atoms with Gasteiger partial charge in [-0.2, -0.15) is 0 Å². The Labute approximate surface area is 127 Å². The average molecular weight is 326 g/mol. The van der Waals surface area contributed by atoms with Crippen LogP contribution in [0.4, 0.5) is 5.69 Å². The standard InChI is InChI=1S/C12H15Cl3N2O2/c1-3-10(19-4-2)12(18)17-16-11-8(14)5-7(13)6-9(11)15/h5-6,10,16H,3-4H2,1-2H3,(H,17,18). The Kier molecular flexibility index (Phi) is 6.72. The van der Waals surface area contributed by atoms with E-state index in [1.54, 1.807) is 0 Å². The maximum absolute atomic E-state index is 11.8. The Morgan fingerprint density at radius 1 is 1.26 bits per heavy atom. The molecule has 19 heavy (non-hydrogen) atoms. The van der Waals surface area contributed by atoms with E-state index < -0.39 is 6.10 Å². The molecule has 0 fully saturated rings. The van der Waals surface area contributed by atoms with Crippen LogP contribution in [0.25, 0.3) is 0 Å². The van der Waals surface area contributed by atoms with E-state index in [9.17, 15) is 4.79 Å². The largest absolute Gasteiger partial charge is 0.369 e. The molecule has 7 heteroatoms. The molecule has 1 aromatic rings. The second kappa shape index (κ2) is 7.80. The van der Waals surface area contributed by atoms with Gasteiger partial charge in [0.15, 0.2) is 0 Å². The van der Waals surface area contributed by atoms with Gasteiger partial charge in [0.1, 0.15) is 6.10 Å². The molecule has 2 N–H and O–H groups in total. The molecule has 1 aromatic carbocycles. The molecule has 0 bridgehead atoms. The third-order valence-electron chi connectivity index (χ3n) is 2.35. The van der Waals surface area contributed by atoms with Crippen LogP contribution < -0.4 is 10.9 Å². The second-order valence-electron chi connectivity index (χ2n) is 3.71. The minimum Gasteiger partial charge on any atom is -0.369 e. The van der Waals surface area contributed by atoms with Crippen LogP contribution in [0.2, 0.25) is 15.1 Å². The molecule has 106 valence electrons. The predicted molar refractivity (Wildman–Crippen MR) is 78.9 cm³/mol. The molecule has 1 amide bonds. The highest BCUT2D eigenvalue weighted by atomic mass is 35.5. The lowest BCUT2D eigenvalue weighted by Crippen LogP contribution is -2.39. The number of carbonyl (C=O) groups excluding carboxylic acids is 1. The summed E-state index contributed by atoms with van der Waals surface area (Å²) in [7, 11) is 0. The quantitative estimate of drug-likeness (QED) is 0.780. The molecule has 0 aliphatic heterocycles. The Morgan fingerprint density at radius 3 is 2.32 bits per heavy atom. The van der Waals surface area contributed by atoms with E-state index >= 15 is 0 Å². The van der Waals surface area contributed by atoms with Crippen LogP contribution in [-0.4, -0.2) is 18.6 Å². The summed E-state index contributed by atoms with van der Waals surface area (Å²) >= 11 is 17.8. The molecule has 1 rings (SSSR count). The van der Waals surface area contributed by atoms with Gasteiger partial charge in [0.25, 0.3) is 5.91 Å². The van der Waals surface area contributed by atoms with Crippen molar-refractivity contribution in [3.05, 3.63) is 27.2 Å². The summed E-state index contributed by atoms with van der Waals surface area (Å²) < 4.78 is 5.28. The van der Waals surface area contributed by atoms with E-state index in [1.807, 2.05) is 13.8 Å². The first-order chi connectivity index (χ1) is 8.99. The van der Waals surface area contributed by atoms with Gasteiger partial charge in [0, 0.05) is 11.6 Å². The van der Waals surface area contributed by atoms with Gasteiger partial charge in [-0.25, -0.2) is 0 Å². The molecule has 0 aromatic heterocycles. The highest BCUT2D eigenvalue weighted by molar-refractivity contribution is 6.41. The summed E-state index contributed by atoms with van der Waals surface area (Å²) in [4.78, 5) is 11.8. The number of rotatable bonds is 6. The van der Waals surface area contributed by atoms with Gasteiger partial charge in [-0.3, -0.25) is 15.6 Å². The average Bonchev–Trinajstić information content (AvgIpc) is 2.34. The molecule has 0 aliphatic rings. The van der Waals surface area contributed by atoms with Crippen molar-refractivity contribution in [2.75, 3.05) is 12.0 Å². The van der Waals surface area contributed by atoms with Gasteiger partial charge in [-0.1, -0.05) is 41.7 Å².